The third-order valence-corrected chi connectivity index (χ3v) is 4.76. The van der Waals surface area contributed by atoms with Crippen LogP contribution in [0.3, 0.4) is 0 Å². The fraction of sp³-hybridized carbons (Fsp3) is 0.417. The van der Waals surface area contributed by atoms with Gasteiger partial charge >= 0.3 is 0 Å². The van der Waals surface area contributed by atoms with Gasteiger partial charge in [0.15, 0.2) is 0 Å². The van der Waals surface area contributed by atoms with Crippen molar-refractivity contribution in [1.82, 2.24) is 0 Å². The van der Waals surface area contributed by atoms with E-state index in [2.05, 4.69) is 4.72 Å². The van der Waals surface area contributed by atoms with Crippen molar-refractivity contribution in [1.29, 1.82) is 0 Å². The van der Waals surface area contributed by atoms with Crippen LogP contribution >= 0.6 is 12.2 Å². The Morgan fingerprint density at radius 3 is 2.68 bits per heavy atom. The number of hydrogen-bond acceptors (Lipinski definition) is 4. The van der Waals surface area contributed by atoms with Gasteiger partial charge in [-0.3, -0.25) is 4.72 Å². The summed E-state index contributed by atoms with van der Waals surface area (Å²) in [5.74, 6) is 0.603. The molecule has 0 spiro atoms. The minimum Gasteiger partial charge on any atom is -0.494 e. The van der Waals surface area contributed by atoms with Crippen LogP contribution in [0.25, 0.3) is 0 Å². The van der Waals surface area contributed by atoms with E-state index in [1.54, 1.807) is 31.2 Å². The predicted molar refractivity (Wildman–Crippen MR) is 81.0 cm³/mol. The molecule has 0 saturated carbocycles. The number of anilines is 1. The highest BCUT2D eigenvalue weighted by Crippen LogP contribution is 2.20. The lowest BCUT2D eigenvalue weighted by Crippen LogP contribution is -2.37. The van der Waals surface area contributed by atoms with Gasteiger partial charge in [0.05, 0.1) is 17.3 Å². The van der Waals surface area contributed by atoms with Crippen LogP contribution in [-0.2, 0) is 10.0 Å². The van der Waals surface area contributed by atoms with Crippen LogP contribution in [0.5, 0.6) is 5.75 Å². The van der Waals surface area contributed by atoms with Crippen molar-refractivity contribution in [3.05, 3.63) is 24.3 Å². The second-order valence-electron chi connectivity index (χ2n) is 3.91. The highest BCUT2D eigenvalue weighted by molar-refractivity contribution is 7.95. The van der Waals surface area contributed by atoms with Gasteiger partial charge in [0.2, 0.25) is 10.0 Å². The van der Waals surface area contributed by atoms with Crippen LogP contribution in [0.4, 0.5) is 5.69 Å². The van der Waals surface area contributed by atoms with Crippen LogP contribution in [0, 0.1) is 0 Å². The summed E-state index contributed by atoms with van der Waals surface area (Å²) in [6.07, 6.45) is 0.329. The van der Waals surface area contributed by atoms with E-state index in [1.807, 2.05) is 6.92 Å². The minimum atomic E-state index is -3.63. The molecule has 0 aliphatic rings. The predicted octanol–water partition coefficient (Wildman–Crippen LogP) is 1.89. The molecule has 0 aliphatic heterocycles. The third kappa shape index (κ3) is 4.36. The molecule has 0 fully saturated rings. The highest BCUT2D eigenvalue weighted by Gasteiger charge is 2.26. The Morgan fingerprint density at radius 1 is 1.47 bits per heavy atom. The maximum absolute atomic E-state index is 12.1. The zero-order valence-corrected chi connectivity index (χ0v) is 12.6. The molecular formula is C12H18N2O3S2. The van der Waals surface area contributed by atoms with Gasteiger partial charge in [0.1, 0.15) is 11.0 Å². The van der Waals surface area contributed by atoms with E-state index < -0.39 is 15.3 Å². The Labute approximate surface area is 119 Å². The smallest absolute Gasteiger partial charge is 0.242 e. The van der Waals surface area contributed by atoms with Crippen molar-refractivity contribution in [3.8, 4) is 5.75 Å². The zero-order chi connectivity index (χ0) is 14.5. The Kier molecular flexibility index (Phi) is 5.56. The molecule has 0 aliphatic carbocycles. The molecule has 0 heterocycles. The molecule has 0 aromatic heterocycles. The van der Waals surface area contributed by atoms with E-state index in [1.165, 1.54) is 0 Å². The van der Waals surface area contributed by atoms with Crippen LogP contribution in [-0.4, -0.2) is 25.3 Å². The molecule has 3 N–H and O–H groups in total. The normalized spacial score (nSPS) is 12.7. The van der Waals surface area contributed by atoms with Gasteiger partial charge in [-0.15, -0.1) is 0 Å². The number of sulfonamides is 1. The first-order valence-corrected chi connectivity index (χ1v) is 7.90. The maximum atomic E-state index is 12.1. The Bertz CT molecular complexity index is 544. The van der Waals surface area contributed by atoms with E-state index in [4.69, 9.17) is 22.7 Å². The molecule has 19 heavy (non-hydrogen) atoms. The molecule has 1 rings (SSSR count). The Balaban J connectivity index is 2.94. The number of ether oxygens (including phenoxy) is 1. The zero-order valence-electron chi connectivity index (χ0n) is 10.9. The molecule has 5 nitrogen and oxygen atoms in total. The van der Waals surface area contributed by atoms with E-state index >= 15 is 0 Å². The Morgan fingerprint density at radius 2 is 2.16 bits per heavy atom. The van der Waals surface area contributed by atoms with Crippen molar-refractivity contribution >= 4 is 32.9 Å². The lowest BCUT2D eigenvalue weighted by molar-refractivity contribution is 0.340. The second kappa shape index (κ2) is 6.72. The van der Waals surface area contributed by atoms with Gasteiger partial charge in [0, 0.05) is 6.07 Å². The van der Waals surface area contributed by atoms with Gasteiger partial charge in [-0.1, -0.05) is 25.2 Å². The van der Waals surface area contributed by atoms with Crippen molar-refractivity contribution in [3.63, 3.8) is 0 Å². The second-order valence-corrected chi connectivity index (χ2v) is 6.24. The molecule has 0 amide bonds. The molecule has 0 saturated heterocycles. The monoisotopic (exact) mass is 302 g/mol. The molecule has 106 valence electrons. The number of nitrogens with one attached hydrogen (secondary N) is 1. The number of nitrogens with two attached hydrogens (primary N) is 1. The molecule has 1 unspecified atom stereocenters. The average molecular weight is 302 g/mol. The van der Waals surface area contributed by atoms with E-state index in [0.717, 1.165) is 0 Å². The third-order valence-electron chi connectivity index (χ3n) is 2.47. The lowest BCUT2D eigenvalue weighted by Gasteiger charge is -2.16. The van der Waals surface area contributed by atoms with Gasteiger partial charge < -0.3 is 10.5 Å². The average Bonchev–Trinajstić information content (AvgIpc) is 2.28. The molecule has 0 radical (unpaired) electrons. The lowest BCUT2D eigenvalue weighted by atomic mass is 10.3. The van der Waals surface area contributed by atoms with Crippen LogP contribution < -0.4 is 15.2 Å². The van der Waals surface area contributed by atoms with E-state index in [0.29, 0.717) is 24.5 Å². The van der Waals surface area contributed by atoms with Crippen molar-refractivity contribution in [2.45, 2.75) is 25.5 Å². The molecule has 7 heteroatoms. The minimum absolute atomic E-state index is 0.0315. The standard InChI is InChI=1S/C12H18N2O3S2/c1-3-11(12(13)18)19(15,16)14-9-6-5-7-10(8-9)17-4-2/h5-8,11,14H,3-4H2,1-2H3,(H2,13,18). The molecule has 0 bridgehead atoms. The first kappa shape index (κ1) is 15.7. The van der Waals surface area contributed by atoms with E-state index in [9.17, 15) is 8.42 Å². The molecular weight excluding hydrogens is 284 g/mol. The molecule has 1 aromatic rings. The topological polar surface area (TPSA) is 81.4 Å². The summed E-state index contributed by atoms with van der Waals surface area (Å²) in [5, 5.41) is -0.877. The van der Waals surface area contributed by atoms with Crippen LogP contribution in [0.2, 0.25) is 0 Å². The van der Waals surface area contributed by atoms with Crippen molar-refractivity contribution in [2.24, 2.45) is 5.73 Å². The van der Waals surface area contributed by atoms with E-state index in [-0.39, 0.29) is 4.99 Å². The summed E-state index contributed by atoms with van der Waals surface area (Å²) in [6, 6.07) is 6.73. The summed E-state index contributed by atoms with van der Waals surface area (Å²) in [7, 11) is -3.63. The number of benzene rings is 1. The number of hydrogen-bond donors (Lipinski definition) is 2. The van der Waals surface area contributed by atoms with Gasteiger partial charge in [-0.25, -0.2) is 8.42 Å². The maximum Gasteiger partial charge on any atom is 0.242 e. The van der Waals surface area contributed by atoms with Gasteiger partial charge in [-0.2, -0.15) is 0 Å². The summed E-state index contributed by atoms with van der Waals surface area (Å²) in [6.45, 7) is 4.09. The van der Waals surface area contributed by atoms with Gasteiger partial charge in [-0.05, 0) is 25.5 Å². The summed E-state index contributed by atoms with van der Waals surface area (Å²) >= 11 is 4.78. The number of thiocarbonyl (C=S) groups is 1. The quantitative estimate of drug-likeness (QED) is 0.752. The van der Waals surface area contributed by atoms with Gasteiger partial charge in [0.25, 0.3) is 0 Å². The molecule has 1 atom stereocenters. The first-order chi connectivity index (χ1) is 8.90. The van der Waals surface area contributed by atoms with Crippen molar-refractivity contribution < 1.29 is 13.2 Å². The Hall–Kier alpha value is -1.34. The SMILES string of the molecule is CCOc1cccc(NS(=O)(=O)C(CC)C(N)=S)c1. The van der Waals surface area contributed by atoms with Crippen LogP contribution in [0.1, 0.15) is 20.3 Å². The fourth-order valence-corrected chi connectivity index (χ4v) is 3.51. The summed E-state index contributed by atoms with van der Waals surface area (Å²) in [4.78, 5) is -0.0315. The highest BCUT2D eigenvalue weighted by atomic mass is 32.2. The van der Waals surface area contributed by atoms with Crippen molar-refractivity contribution in [2.75, 3.05) is 11.3 Å². The largest absolute Gasteiger partial charge is 0.494 e. The number of rotatable bonds is 7. The summed E-state index contributed by atoms with van der Waals surface area (Å²) < 4.78 is 32.0. The first-order valence-electron chi connectivity index (χ1n) is 5.94. The molecule has 1 aromatic carbocycles. The fourth-order valence-electron chi connectivity index (χ4n) is 1.62. The summed E-state index contributed by atoms with van der Waals surface area (Å²) in [5.41, 5.74) is 5.88. The van der Waals surface area contributed by atoms with Crippen LogP contribution in [0.15, 0.2) is 24.3 Å².